The van der Waals surface area contributed by atoms with E-state index in [1.807, 2.05) is 24.1 Å². The fraction of sp³-hybridized carbons (Fsp3) is 0.588. The van der Waals surface area contributed by atoms with Crippen LogP contribution >= 0.6 is 12.4 Å². The first-order valence-electron chi connectivity index (χ1n) is 7.69. The molecule has 3 nitrogen and oxygen atoms in total. The number of likely N-dealkylation sites (N-methyl/N-ethyl adjacent to an activating group) is 1. The summed E-state index contributed by atoms with van der Waals surface area (Å²) < 4.78 is 0. The Morgan fingerprint density at radius 3 is 2.57 bits per heavy atom. The highest BCUT2D eigenvalue weighted by molar-refractivity contribution is 5.85. The smallest absolute Gasteiger partial charge is 0.226 e. The minimum absolute atomic E-state index is 0. The van der Waals surface area contributed by atoms with E-state index in [1.165, 1.54) is 18.4 Å². The minimum atomic E-state index is 0. The van der Waals surface area contributed by atoms with E-state index in [2.05, 4.69) is 24.4 Å². The summed E-state index contributed by atoms with van der Waals surface area (Å²) in [6.45, 7) is 2.07. The average Bonchev–Trinajstić information content (AvgIpc) is 2.76. The summed E-state index contributed by atoms with van der Waals surface area (Å²) in [5.41, 5.74) is 2.34. The number of amides is 1. The van der Waals surface area contributed by atoms with Crippen LogP contribution in [0.1, 0.15) is 36.8 Å². The molecule has 2 unspecified atom stereocenters. The molecule has 21 heavy (non-hydrogen) atoms. The second kappa shape index (κ2) is 6.80. The molecule has 0 radical (unpaired) electrons. The lowest BCUT2D eigenvalue weighted by molar-refractivity contribution is -0.131. The van der Waals surface area contributed by atoms with Gasteiger partial charge in [0.15, 0.2) is 0 Å². The summed E-state index contributed by atoms with van der Waals surface area (Å²) in [6, 6.07) is 9.94. The highest BCUT2D eigenvalue weighted by Gasteiger charge is 2.36. The molecule has 0 aromatic heterocycles. The van der Waals surface area contributed by atoms with Crippen LogP contribution in [0.3, 0.4) is 0 Å². The number of hydrogen-bond acceptors (Lipinski definition) is 2. The van der Waals surface area contributed by atoms with Gasteiger partial charge in [0.2, 0.25) is 5.91 Å². The van der Waals surface area contributed by atoms with Crippen molar-refractivity contribution in [3.05, 3.63) is 35.4 Å². The number of hydrogen-bond donors (Lipinski definition) is 1. The molecule has 2 bridgehead atoms. The summed E-state index contributed by atoms with van der Waals surface area (Å²) in [5, 5.41) is 3.63. The zero-order chi connectivity index (χ0) is 14.1. The molecule has 1 aromatic carbocycles. The predicted octanol–water partition coefficient (Wildman–Crippen LogP) is 2.70. The topological polar surface area (TPSA) is 32.3 Å². The van der Waals surface area contributed by atoms with Gasteiger partial charge in [0.1, 0.15) is 0 Å². The normalized spacial score (nSPS) is 27.0. The summed E-state index contributed by atoms with van der Waals surface area (Å²) in [4.78, 5) is 14.5. The van der Waals surface area contributed by atoms with Gasteiger partial charge in [0.25, 0.3) is 0 Å². The van der Waals surface area contributed by atoms with Crippen LogP contribution in [0.2, 0.25) is 0 Å². The SMILES string of the molecule is Cc1cccc(CC(=O)N(C)C2CC3CCC(C2)N3)c1.Cl. The van der Waals surface area contributed by atoms with Crippen molar-refractivity contribution in [2.75, 3.05) is 7.05 Å². The molecule has 0 aliphatic carbocycles. The number of aryl methyl sites for hydroxylation is 1. The van der Waals surface area contributed by atoms with Crippen molar-refractivity contribution in [1.82, 2.24) is 10.2 Å². The van der Waals surface area contributed by atoms with E-state index in [1.54, 1.807) is 0 Å². The van der Waals surface area contributed by atoms with Gasteiger partial charge in [0, 0.05) is 25.2 Å². The number of fused-ring (bicyclic) bond motifs is 2. The standard InChI is InChI=1S/C17H24N2O.ClH/c1-12-4-3-5-13(8-12)9-17(20)19(2)16-10-14-6-7-15(11-16)18-14;/h3-5,8,14-16,18H,6-7,9-11H2,1-2H3;1H. The first-order chi connectivity index (χ1) is 9.61. The largest absolute Gasteiger partial charge is 0.342 e. The molecule has 2 aliphatic heterocycles. The molecule has 2 atom stereocenters. The lowest BCUT2D eigenvalue weighted by Crippen LogP contribution is -2.49. The van der Waals surface area contributed by atoms with Crippen LogP contribution in [0.15, 0.2) is 24.3 Å². The van der Waals surface area contributed by atoms with Crippen molar-refractivity contribution in [3.8, 4) is 0 Å². The van der Waals surface area contributed by atoms with Crippen LogP contribution in [0, 0.1) is 6.92 Å². The lowest BCUT2D eigenvalue weighted by Gasteiger charge is -2.35. The third kappa shape index (κ3) is 3.78. The Bertz CT molecular complexity index is 493. The number of piperidine rings is 1. The monoisotopic (exact) mass is 308 g/mol. The van der Waals surface area contributed by atoms with Crippen LogP contribution < -0.4 is 5.32 Å². The maximum atomic E-state index is 12.5. The summed E-state index contributed by atoms with van der Waals surface area (Å²) in [5.74, 6) is 0.252. The van der Waals surface area contributed by atoms with Gasteiger partial charge in [-0.3, -0.25) is 4.79 Å². The van der Waals surface area contributed by atoms with Crippen LogP contribution in [0.5, 0.6) is 0 Å². The zero-order valence-electron chi connectivity index (χ0n) is 12.8. The molecular formula is C17H25ClN2O. The van der Waals surface area contributed by atoms with Gasteiger partial charge in [-0.05, 0) is 38.2 Å². The van der Waals surface area contributed by atoms with E-state index in [4.69, 9.17) is 0 Å². The van der Waals surface area contributed by atoms with E-state index in [0.29, 0.717) is 24.5 Å². The fourth-order valence-corrected chi connectivity index (χ4v) is 3.67. The Hall–Kier alpha value is -1.06. The summed E-state index contributed by atoms with van der Waals surface area (Å²) >= 11 is 0. The number of nitrogens with one attached hydrogen (secondary N) is 1. The molecule has 3 rings (SSSR count). The van der Waals surface area contributed by atoms with E-state index < -0.39 is 0 Å². The zero-order valence-corrected chi connectivity index (χ0v) is 13.7. The molecule has 0 spiro atoms. The Balaban J connectivity index is 0.00000161. The van der Waals surface area contributed by atoms with E-state index in [9.17, 15) is 4.79 Å². The molecule has 4 heteroatoms. The second-order valence-corrected chi connectivity index (χ2v) is 6.43. The fourth-order valence-electron chi connectivity index (χ4n) is 3.67. The molecule has 116 valence electrons. The molecule has 2 heterocycles. The van der Waals surface area contributed by atoms with Gasteiger partial charge in [-0.1, -0.05) is 29.8 Å². The van der Waals surface area contributed by atoms with Crippen LogP contribution in [0.4, 0.5) is 0 Å². The molecule has 2 saturated heterocycles. The third-order valence-corrected chi connectivity index (χ3v) is 4.83. The molecule has 2 fully saturated rings. The number of nitrogens with zero attached hydrogens (tertiary/aromatic N) is 1. The van der Waals surface area contributed by atoms with Gasteiger partial charge >= 0.3 is 0 Å². The van der Waals surface area contributed by atoms with Crippen LogP contribution in [-0.4, -0.2) is 36.0 Å². The maximum absolute atomic E-state index is 12.5. The molecule has 1 aromatic rings. The van der Waals surface area contributed by atoms with Crippen molar-refractivity contribution >= 4 is 18.3 Å². The lowest BCUT2D eigenvalue weighted by atomic mass is 9.98. The molecule has 2 aliphatic rings. The van der Waals surface area contributed by atoms with E-state index >= 15 is 0 Å². The van der Waals surface area contributed by atoms with Gasteiger partial charge in [-0.2, -0.15) is 0 Å². The van der Waals surface area contributed by atoms with Crippen molar-refractivity contribution in [2.24, 2.45) is 0 Å². The van der Waals surface area contributed by atoms with Crippen LogP contribution in [0.25, 0.3) is 0 Å². The van der Waals surface area contributed by atoms with Gasteiger partial charge in [0.05, 0.1) is 6.42 Å². The van der Waals surface area contributed by atoms with Gasteiger partial charge in [-0.15, -0.1) is 12.4 Å². The Kier molecular flexibility index (Phi) is 5.28. The van der Waals surface area contributed by atoms with Crippen LogP contribution in [-0.2, 0) is 11.2 Å². The van der Waals surface area contributed by atoms with Crippen molar-refractivity contribution < 1.29 is 4.79 Å². The van der Waals surface area contributed by atoms with Gasteiger partial charge in [-0.25, -0.2) is 0 Å². The van der Waals surface area contributed by atoms with Crippen molar-refractivity contribution in [3.63, 3.8) is 0 Å². The number of carbonyl (C=O) groups excluding carboxylic acids is 1. The maximum Gasteiger partial charge on any atom is 0.226 e. The number of rotatable bonds is 3. The quantitative estimate of drug-likeness (QED) is 0.931. The highest BCUT2D eigenvalue weighted by Crippen LogP contribution is 2.29. The molecular weight excluding hydrogens is 284 g/mol. The molecule has 1 N–H and O–H groups in total. The third-order valence-electron chi connectivity index (χ3n) is 4.83. The average molecular weight is 309 g/mol. The van der Waals surface area contributed by atoms with E-state index in [-0.39, 0.29) is 18.3 Å². The summed E-state index contributed by atoms with van der Waals surface area (Å²) in [7, 11) is 1.98. The van der Waals surface area contributed by atoms with Crippen molar-refractivity contribution in [2.45, 2.75) is 57.2 Å². The second-order valence-electron chi connectivity index (χ2n) is 6.43. The predicted molar refractivity (Wildman–Crippen MR) is 87.9 cm³/mol. The van der Waals surface area contributed by atoms with Gasteiger partial charge < -0.3 is 10.2 Å². The molecule has 1 amide bonds. The highest BCUT2D eigenvalue weighted by atomic mass is 35.5. The van der Waals surface area contributed by atoms with Crippen molar-refractivity contribution in [1.29, 1.82) is 0 Å². The first-order valence-corrected chi connectivity index (χ1v) is 7.69. The number of carbonyl (C=O) groups is 1. The first kappa shape index (κ1) is 16.3. The molecule has 0 saturated carbocycles. The Labute approximate surface area is 133 Å². The number of halogens is 1. The Morgan fingerprint density at radius 1 is 1.29 bits per heavy atom. The summed E-state index contributed by atoms with van der Waals surface area (Å²) in [6.07, 6.45) is 5.32. The Morgan fingerprint density at radius 2 is 1.95 bits per heavy atom. The minimum Gasteiger partial charge on any atom is -0.342 e. The van der Waals surface area contributed by atoms with E-state index in [0.717, 1.165) is 18.4 Å². The number of benzene rings is 1.